The molecule has 0 spiro atoms. The van der Waals surface area contributed by atoms with Gasteiger partial charge in [0.2, 0.25) is 5.91 Å². The predicted octanol–water partition coefficient (Wildman–Crippen LogP) is -3.09. The summed E-state index contributed by atoms with van der Waals surface area (Å²) in [5.41, 5.74) is 4.91. The number of aliphatic hydroxyl groups excluding tert-OH is 4. The van der Waals surface area contributed by atoms with Crippen LogP contribution in [0.15, 0.2) is 0 Å². The molecule has 0 aromatic heterocycles. The van der Waals surface area contributed by atoms with Gasteiger partial charge in [-0.15, -0.1) is 0 Å². The highest BCUT2D eigenvalue weighted by Crippen LogP contribution is 2.26. The van der Waals surface area contributed by atoms with E-state index in [9.17, 15) is 20.1 Å². The summed E-state index contributed by atoms with van der Waals surface area (Å²) in [6.45, 7) is -0.529. The maximum atomic E-state index is 10.6. The highest BCUT2D eigenvalue weighted by molar-refractivity contribution is 5.74. The summed E-state index contributed by atoms with van der Waals surface area (Å²) in [5, 5.41) is 37.2. The SMILES string of the molecule is NC(=O)C[C@H]1[C@@H](O)[C@H](O)[C@@H](CO)O[C@@H]1O. The molecule has 0 aliphatic carbocycles. The van der Waals surface area contributed by atoms with Gasteiger partial charge < -0.3 is 30.9 Å². The van der Waals surface area contributed by atoms with E-state index >= 15 is 0 Å². The third-order valence-electron chi connectivity index (χ3n) is 2.47. The van der Waals surface area contributed by atoms with Crippen LogP contribution in [-0.4, -0.2) is 57.5 Å². The van der Waals surface area contributed by atoms with E-state index in [1.807, 2.05) is 0 Å². The number of hydrogen-bond donors (Lipinski definition) is 5. The second-order valence-electron chi connectivity index (χ2n) is 3.56. The fraction of sp³-hybridized carbons (Fsp3) is 0.875. The highest BCUT2D eigenvalue weighted by Gasteiger charge is 2.43. The lowest BCUT2D eigenvalue weighted by atomic mass is 9.88. The molecule has 1 aliphatic heterocycles. The second kappa shape index (κ2) is 4.86. The number of hydrogen-bond acceptors (Lipinski definition) is 6. The van der Waals surface area contributed by atoms with Crippen LogP contribution < -0.4 is 5.73 Å². The Morgan fingerprint density at radius 1 is 1.27 bits per heavy atom. The van der Waals surface area contributed by atoms with Crippen LogP contribution in [0.5, 0.6) is 0 Å². The summed E-state index contributed by atoms with van der Waals surface area (Å²) >= 11 is 0. The molecule has 0 saturated carbocycles. The van der Waals surface area contributed by atoms with Crippen LogP contribution in [0, 0.1) is 5.92 Å². The molecule has 5 atom stereocenters. The lowest BCUT2D eigenvalue weighted by Gasteiger charge is -2.39. The molecule has 0 bridgehead atoms. The second-order valence-corrected chi connectivity index (χ2v) is 3.56. The van der Waals surface area contributed by atoms with Crippen molar-refractivity contribution in [2.24, 2.45) is 11.7 Å². The predicted molar refractivity (Wildman–Crippen MR) is 47.3 cm³/mol. The molecule has 1 aliphatic rings. The summed E-state index contributed by atoms with van der Waals surface area (Å²) in [5.74, 6) is -1.68. The molecule has 1 fully saturated rings. The molecule has 1 rings (SSSR count). The lowest BCUT2D eigenvalue weighted by molar-refractivity contribution is -0.269. The van der Waals surface area contributed by atoms with Crippen molar-refractivity contribution in [3.05, 3.63) is 0 Å². The topological polar surface area (TPSA) is 133 Å². The normalized spacial score (nSPS) is 41.5. The van der Waals surface area contributed by atoms with Gasteiger partial charge in [0.25, 0.3) is 0 Å². The fourth-order valence-corrected chi connectivity index (χ4v) is 1.61. The summed E-state index contributed by atoms with van der Waals surface area (Å²) in [6, 6.07) is 0. The Bertz CT molecular complexity index is 235. The largest absolute Gasteiger partial charge is 0.394 e. The van der Waals surface area contributed by atoms with E-state index in [-0.39, 0.29) is 6.42 Å². The minimum atomic E-state index is -1.42. The zero-order chi connectivity index (χ0) is 11.6. The Balaban J connectivity index is 2.70. The molecule has 6 N–H and O–H groups in total. The molecule has 15 heavy (non-hydrogen) atoms. The number of rotatable bonds is 3. The molecule has 0 unspecified atom stereocenters. The van der Waals surface area contributed by atoms with E-state index in [1.165, 1.54) is 0 Å². The van der Waals surface area contributed by atoms with E-state index in [0.29, 0.717) is 0 Å². The lowest BCUT2D eigenvalue weighted by Crippen LogP contribution is -2.56. The third kappa shape index (κ3) is 2.64. The monoisotopic (exact) mass is 221 g/mol. The van der Waals surface area contributed by atoms with Gasteiger partial charge >= 0.3 is 0 Å². The van der Waals surface area contributed by atoms with Gasteiger partial charge in [0.05, 0.1) is 12.7 Å². The molecule has 7 nitrogen and oxygen atoms in total. The van der Waals surface area contributed by atoms with Crippen molar-refractivity contribution in [3.63, 3.8) is 0 Å². The molecular weight excluding hydrogens is 206 g/mol. The molecular formula is C8H15NO6. The van der Waals surface area contributed by atoms with Crippen molar-refractivity contribution in [1.29, 1.82) is 0 Å². The molecule has 88 valence electrons. The van der Waals surface area contributed by atoms with Gasteiger partial charge in [0, 0.05) is 12.3 Å². The molecule has 1 heterocycles. The Kier molecular flexibility index (Phi) is 4.00. The first-order valence-corrected chi connectivity index (χ1v) is 4.56. The van der Waals surface area contributed by atoms with Gasteiger partial charge in [0.1, 0.15) is 12.2 Å². The number of carbonyl (C=O) groups is 1. The Morgan fingerprint density at radius 2 is 1.87 bits per heavy atom. The minimum absolute atomic E-state index is 0.294. The van der Waals surface area contributed by atoms with Crippen LogP contribution >= 0.6 is 0 Å². The van der Waals surface area contributed by atoms with E-state index in [2.05, 4.69) is 0 Å². The number of primary amides is 1. The standard InChI is InChI=1S/C8H15NO6/c9-5(11)1-3-6(12)7(13)4(2-10)15-8(3)14/h3-4,6-8,10,12-14H,1-2H2,(H2,9,11)/t3-,4+,6+,7+,8-/m0/s1. The van der Waals surface area contributed by atoms with Gasteiger partial charge in [-0.2, -0.15) is 0 Å². The van der Waals surface area contributed by atoms with Crippen molar-refractivity contribution >= 4 is 5.91 Å². The zero-order valence-corrected chi connectivity index (χ0v) is 7.98. The van der Waals surface area contributed by atoms with Gasteiger partial charge in [-0.3, -0.25) is 4.79 Å². The van der Waals surface area contributed by atoms with Crippen molar-refractivity contribution in [2.75, 3.05) is 6.61 Å². The van der Waals surface area contributed by atoms with E-state index < -0.39 is 43.0 Å². The molecule has 0 radical (unpaired) electrons. The molecule has 1 amide bonds. The molecule has 1 saturated heterocycles. The maximum absolute atomic E-state index is 10.6. The first-order chi connectivity index (χ1) is 6.97. The number of ether oxygens (including phenoxy) is 1. The zero-order valence-electron chi connectivity index (χ0n) is 7.98. The Labute approximate surface area is 86.1 Å². The highest BCUT2D eigenvalue weighted by atomic mass is 16.6. The number of carbonyl (C=O) groups excluding carboxylic acids is 1. The van der Waals surface area contributed by atoms with Crippen LogP contribution in [0.4, 0.5) is 0 Å². The van der Waals surface area contributed by atoms with Gasteiger partial charge in [-0.05, 0) is 0 Å². The summed E-state index contributed by atoms with van der Waals surface area (Å²) in [4.78, 5) is 10.6. The fourth-order valence-electron chi connectivity index (χ4n) is 1.61. The van der Waals surface area contributed by atoms with Gasteiger partial charge in [0.15, 0.2) is 6.29 Å². The van der Waals surface area contributed by atoms with Crippen molar-refractivity contribution in [3.8, 4) is 0 Å². The average Bonchev–Trinajstić information content (AvgIpc) is 2.18. The van der Waals surface area contributed by atoms with Crippen molar-refractivity contribution in [2.45, 2.75) is 31.0 Å². The number of amides is 1. The molecule has 7 heteroatoms. The smallest absolute Gasteiger partial charge is 0.217 e. The summed E-state index contributed by atoms with van der Waals surface area (Å²) in [7, 11) is 0. The van der Waals surface area contributed by atoms with Crippen molar-refractivity contribution < 1.29 is 30.0 Å². The minimum Gasteiger partial charge on any atom is -0.394 e. The number of nitrogens with two attached hydrogens (primary N) is 1. The Hall–Kier alpha value is -0.730. The first-order valence-electron chi connectivity index (χ1n) is 4.56. The van der Waals surface area contributed by atoms with Gasteiger partial charge in [-0.25, -0.2) is 0 Å². The molecule has 0 aromatic rings. The first kappa shape index (κ1) is 12.3. The summed E-state index contributed by atoms with van der Waals surface area (Å²) in [6.07, 6.45) is -5.47. The van der Waals surface area contributed by atoms with Crippen LogP contribution in [-0.2, 0) is 9.53 Å². The van der Waals surface area contributed by atoms with Crippen molar-refractivity contribution in [1.82, 2.24) is 0 Å². The van der Waals surface area contributed by atoms with Crippen LogP contribution in [0.25, 0.3) is 0 Å². The Morgan fingerprint density at radius 3 is 2.33 bits per heavy atom. The number of aliphatic hydroxyl groups is 4. The van der Waals surface area contributed by atoms with Crippen LogP contribution in [0.2, 0.25) is 0 Å². The van der Waals surface area contributed by atoms with E-state index in [1.54, 1.807) is 0 Å². The quantitative estimate of drug-likeness (QED) is 0.343. The van der Waals surface area contributed by atoms with E-state index in [0.717, 1.165) is 0 Å². The average molecular weight is 221 g/mol. The van der Waals surface area contributed by atoms with Crippen LogP contribution in [0.1, 0.15) is 6.42 Å². The van der Waals surface area contributed by atoms with Gasteiger partial charge in [-0.1, -0.05) is 0 Å². The third-order valence-corrected chi connectivity index (χ3v) is 2.47. The molecule has 0 aromatic carbocycles. The van der Waals surface area contributed by atoms with E-state index in [4.69, 9.17) is 15.6 Å². The maximum Gasteiger partial charge on any atom is 0.217 e. The van der Waals surface area contributed by atoms with Crippen LogP contribution in [0.3, 0.4) is 0 Å². The summed E-state index contributed by atoms with van der Waals surface area (Å²) < 4.78 is 4.82.